The first kappa shape index (κ1) is 36.3. The topological polar surface area (TPSA) is 21.3 Å². The molecule has 0 unspecified atom stereocenters. The van der Waals surface area contributed by atoms with E-state index in [0.29, 0.717) is 0 Å². The maximum Gasteiger partial charge on any atom is 0.137 e. The van der Waals surface area contributed by atoms with Crippen LogP contribution in [0.25, 0.3) is 71.7 Å². The maximum absolute atomic E-state index is 6.86. The molecule has 3 nitrogen and oxygen atoms in total. The quantitative estimate of drug-likeness (QED) is 0.160. The van der Waals surface area contributed by atoms with Gasteiger partial charge in [0.15, 0.2) is 0 Å². The minimum atomic E-state index is -0.472. The van der Waals surface area contributed by atoms with Crippen molar-refractivity contribution in [3.05, 3.63) is 265 Å². The second kappa shape index (κ2) is 14.3. The summed E-state index contributed by atoms with van der Waals surface area (Å²) in [5, 5.41) is 4.66. The molecule has 13 rings (SSSR count). The molecule has 0 fully saturated rings. The average molecular weight is 817 g/mol. The zero-order valence-corrected chi connectivity index (χ0v) is 34.9. The van der Waals surface area contributed by atoms with E-state index in [1.807, 2.05) is 0 Å². The van der Waals surface area contributed by atoms with Crippen LogP contribution < -0.4 is 4.90 Å². The number of furan rings is 1. The van der Waals surface area contributed by atoms with E-state index >= 15 is 0 Å². The average Bonchev–Trinajstić information content (AvgIpc) is 4.01. The van der Waals surface area contributed by atoms with E-state index in [0.717, 1.165) is 44.7 Å². The van der Waals surface area contributed by atoms with Crippen molar-refractivity contribution < 1.29 is 4.42 Å². The molecule has 0 spiro atoms. The Morgan fingerprint density at radius 3 is 1.53 bits per heavy atom. The number of rotatable bonds is 7. The molecule has 0 saturated heterocycles. The second-order valence-electron chi connectivity index (χ2n) is 16.8. The Hall–Kier alpha value is -8.40. The van der Waals surface area contributed by atoms with Crippen LogP contribution in [0.2, 0.25) is 0 Å². The van der Waals surface area contributed by atoms with Crippen molar-refractivity contribution in [3.63, 3.8) is 0 Å². The van der Waals surface area contributed by atoms with Crippen LogP contribution in [0.15, 0.2) is 247 Å². The highest BCUT2D eigenvalue weighted by Gasteiger charge is 2.46. The summed E-state index contributed by atoms with van der Waals surface area (Å²) in [4.78, 5) is 2.37. The predicted octanol–water partition coefficient (Wildman–Crippen LogP) is 16.2. The molecule has 2 heterocycles. The molecule has 2 aromatic heterocycles. The van der Waals surface area contributed by atoms with Crippen molar-refractivity contribution in [1.82, 2.24) is 4.57 Å². The minimum Gasteiger partial charge on any atom is -0.456 e. The summed E-state index contributed by atoms with van der Waals surface area (Å²) in [5.41, 5.74) is 17.7. The maximum atomic E-state index is 6.86. The summed E-state index contributed by atoms with van der Waals surface area (Å²) < 4.78 is 9.21. The molecular formula is C61H40N2O. The zero-order chi connectivity index (χ0) is 42.2. The Kier molecular flexibility index (Phi) is 8.13. The standard InChI is InChI=1S/C61H40N2O/c1-4-16-41(17-5-1)42-28-30-45(31-29-42)62(46-34-37-56-54(38-46)49-22-10-13-25-55(49)61(56,43-18-6-2-7-19-43)44-20-8-3-9-21-44)47-32-35-52-53-36-33-48(40-60(53)64-59(52)39-47)63-57-26-14-11-23-50(57)51-24-12-15-27-58(51)63/h1-40H. The SMILES string of the molecule is c1ccc(-c2ccc(N(c3ccc4c(c3)-c3ccccc3C4(c3ccccc3)c3ccccc3)c3ccc4c(c3)oc3cc(-n5c6ccccc6c6ccccc65)ccc34)cc2)cc1. The number of hydrogen-bond donors (Lipinski definition) is 0. The Morgan fingerprint density at radius 1 is 0.344 bits per heavy atom. The van der Waals surface area contributed by atoms with Crippen molar-refractivity contribution >= 4 is 60.8 Å². The van der Waals surface area contributed by atoms with Crippen LogP contribution in [0, 0.1) is 0 Å². The monoisotopic (exact) mass is 816 g/mol. The van der Waals surface area contributed by atoms with Crippen LogP contribution in [-0.2, 0) is 5.41 Å². The van der Waals surface area contributed by atoms with Crippen molar-refractivity contribution in [2.24, 2.45) is 0 Å². The first-order valence-electron chi connectivity index (χ1n) is 22.0. The van der Waals surface area contributed by atoms with E-state index in [9.17, 15) is 0 Å². The Morgan fingerprint density at radius 2 is 0.844 bits per heavy atom. The van der Waals surface area contributed by atoms with E-state index in [1.165, 1.54) is 66.3 Å². The molecule has 1 aliphatic carbocycles. The first-order chi connectivity index (χ1) is 31.7. The van der Waals surface area contributed by atoms with Gasteiger partial charge in [0.2, 0.25) is 0 Å². The fraction of sp³-hybridized carbons (Fsp3) is 0.0164. The van der Waals surface area contributed by atoms with Crippen LogP contribution in [0.1, 0.15) is 22.3 Å². The van der Waals surface area contributed by atoms with Gasteiger partial charge in [-0.25, -0.2) is 0 Å². The first-order valence-corrected chi connectivity index (χ1v) is 22.0. The number of benzene rings is 10. The van der Waals surface area contributed by atoms with Gasteiger partial charge >= 0.3 is 0 Å². The van der Waals surface area contributed by atoms with Gasteiger partial charge < -0.3 is 13.9 Å². The number of anilines is 3. The molecule has 0 radical (unpaired) electrons. The van der Waals surface area contributed by atoms with Crippen molar-refractivity contribution in [2.45, 2.75) is 5.41 Å². The molecule has 0 atom stereocenters. The summed E-state index contributed by atoms with van der Waals surface area (Å²) in [6.07, 6.45) is 0. The molecule has 10 aromatic carbocycles. The Balaban J connectivity index is 0.988. The third-order valence-electron chi connectivity index (χ3n) is 13.5. The van der Waals surface area contributed by atoms with Crippen LogP contribution in [0.5, 0.6) is 0 Å². The molecule has 1 aliphatic rings. The second-order valence-corrected chi connectivity index (χ2v) is 16.8. The summed E-state index contributed by atoms with van der Waals surface area (Å²) in [5.74, 6) is 0. The summed E-state index contributed by atoms with van der Waals surface area (Å²) in [7, 11) is 0. The largest absolute Gasteiger partial charge is 0.456 e. The van der Waals surface area contributed by atoms with E-state index in [-0.39, 0.29) is 0 Å². The fourth-order valence-electron chi connectivity index (χ4n) is 10.7. The summed E-state index contributed by atoms with van der Waals surface area (Å²) in [6.45, 7) is 0. The highest BCUT2D eigenvalue weighted by atomic mass is 16.3. The van der Waals surface area contributed by atoms with Crippen molar-refractivity contribution in [1.29, 1.82) is 0 Å². The summed E-state index contributed by atoms with van der Waals surface area (Å²) in [6, 6.07) is 88.1. The number of fused-ring (bicyclic) bond motifs is 9. The van der Waals surface area contributed by atoms with Gasteiger partial charge in [-0.05, 0) is 105 Å². The third-order valence-corrected chi connectivity index (χ3v) is 13.5. The van der Waals surface area contributed by atoms with Gasteiger partial charge in [0.1, 0.15) is 11.2 Å². The highest BCUT2D eigenvalue weighted by molar-refractivity contribution is 6.10. The van der Waals surface area contributed by atoms with Gasteiger partial charge in [0, 0.05) is 56.4 Å². The van der Waals surface area contributed by atoms with Gasteiger partial charge in [-0.15, -0.1) is 0 Å². The van der Waals surface area contributed by atoms with Crippen LogP contribution in [-0.4, -0.2) is 4.57 Å². The van der Waals surface area contributed by atoms with Crippen LogP contribution in [0.4, 0.5) is 17.1 Å². The number of nitrogens with zero attached hydrogens (tertiary/aromatic N) is 2. The minimum absolute atomic E-state index is 0.472. The van der Waals surface area contributed by atoms with Crippen LogP contribution >= 0.6 is 0 Å². The normalized spacial score (nSPS) is 12.8. The van der Waals surface area contributed by atoms with E-state index in [1.54, 1.807) is 0 Å². The molecule has 64 heavy (non-hydrogen) atoms. The molecule has 0 bridgehead atoms. The molecule has 12 aromatic rings. The molecule has 3 heteroatoms. The predicted molar refractivity (Wildman–Crippen MR) is 265 cm³/mol. The van der Waals surface area contributed by atoms with Gasteiger partial charge in [-0.2, -0.15) is 0 Å². The number of aromatic nitrogens is 1. The van der Waals surface area contributed by atoms with E-state index in [2.05, 4.69) is 252 Å². The van der Waals surface area contributed by atoms with E-state index in [4.69, 9.17) is 4.42 Å². The van der Waals surface area contributed by atoms with Crippen molar-refractivity contribution in [2.75, 3.05) is 4.90 Å². The van der Waals surface area contributed by atoms with Gasteiger partial charge in [-0.1, -0.05) is 170 Å². The molecule has 0 aliphatic heterocycles. The number of para-hydroxylation sites is 2. The number of hydrogen-bond acceptors (Lipinski definition) is 2. The van der Waals surface area contributed by atoms with Gasteiger partial charge in [-0.3, -0.25) is 0 Å². The fourth-order valence-corrected chi connectivity index (χ4v) is 10.7. The molecule has 0 N–H and O–H groups in total. The third kappa shape index (κ3) is 5.41. The highest BCUT2D eigenvalue weighted by Crippen LogP contribution is 2.57. The Labute approximate surface area is 371 Å². The van der Waals surface area contributed by atoms with Gasteiger partial charge in [0.05, 0.1) is 16.4 Å². The molecule has 0 amide bonds. The smallest absolute Gasteiger partial charge is 0.137 e. The van der Waals surface area contributed by atoms with Crippen molar-refractivity contribution in [3.8, 4) is 27.9 Å². The molecule has 300 valence electrons. The van der Waals surface area contributed by atoms with E-state index < -0.39 is 5.41 Å². The lowest BCUT2D eigenvalue weighted by atomic mass is 9.68. The van der Waals surface area contributed by atoms with Gasteiger partial charge in [0.25, 0.3) is 0 Å². The lowest BCUT2D eigenvalue weighted by molar-refractivity contribution is 0.668. The van der Waals surface area contributed by atoms with Crippen LogP contribution in [0.3, 0.4) is 0 Å². The zero-order valence-electron chi connectivity index (χ0n) is 34.9. The lowest BCUT2D eigenvalue weighted by Gasteiger charge is -2.34. The lowest BCUT2D eigenvalue weighted by Crippen LogP contribution is -2.28. The molecular weight excluding hydrogens is 777 g/mol. The summed E-state index contributed by atoms with van der Waals surface area (Å²) >= 11 is 0. The molecule has 0 saturated carbocycles. The Bertz CT molecular complexity index is 3620.